The molecule has 0 heterocycles. The number of amides is 2. The van der Waals surface area contributed by atoms with Gasteiger partial charge in [-0.25, -0.2) is 9.59 Å². The van der Waals surface area contributed by atoms with Gasteiger partial charge in [-0.15, -0.1) is 0 Å². The van der Waals surface area contributed by atoms with Gasteiger partial charge >= 0.3 is 12.0 Å². The summed E-state index contributed by atoms with van der Waals surface area (Å²) in [6.45, 7) is 4.75. The first-order valence-corrected chi connectivity index (χ1v) is 6.51. The number of benzene rings is 1. The normalized spacial score (nSPS) is 10.3. The Kier molecular flexibility index (Phi) is 5.83. The van der Waals surface area contributed by atoms with E-state index in [2.05, 4.69) is 24.5 Å². The number of urea groups is 1. The number of carboxylic acid groups (broad SMARTS) is 1. The van der Waals surface area contributed by atoms with E-state index in [9.17, 15) is 14.7 Å². The van der Waals surface area contributed by atoms with E-state index in [4.69, 9.17) is 5.11 Å². The molecule has 0 aliphatic heterocycles. The number of hydrogen-bond donors (Lipinski definition) is 4. The molecule has 0 atom stereocenters. The zero-order chi connectivity index (χ0) is 15.1. The fourth-order valence-electron chi connectivity index (χ4n) is 1.70. The van der Waals surface area contributed by atoms with Crippen LogP contribution in [0, 0.1) is 5.92 Å². The van der Waals surface area contributed by atoms with Gasteiger partial charge in [-0.05, 0) is 37.0 Å². The summed E-state index contributed by atoms with van der Waals surface area (Å²) in [5.74, 6) is -0.795. The highest BCUT2D eigenvalue weighted by molar-refractivity contribution is 6.00. The van der Waals surface area contributed by atoms with Gasteiger partial charge < -0.3 is 20.8 Å². The molecule has 0 spiro atoms. The number of carboxylic acids is 1. The van der Waals surface area contributed by atoms with Gasteiger partial charge in [0.1, 0.15) is 5.75 Å². The Hall–Kier alpha value is -2.24. The van der Waals surface area contributed by atoms with Crippen molar-refractivity contribution in [3.63, 3.8) is 0 Å². The zero-order valence-electron chi connectivity index (χ0n) is 11.6. The molecule has 1 aromatic carbocycles. The molecule has 0 saturated carbocycles. The second-order valence-electron chi connectivity index (χ2n) is 4.95. The summed E-state index contributed by atoms with van der Waals surface area (Å²) in [6.07, 6.45) is 1.88. The van der Waals surface area contributed by atoms with Crippen molar-refractivity contribution in [1.82, 2.24) is 5.32 Å². The molecule has 110 valence electrons. The van der Waals surface area contributed by atoms with Gasteiger partial charge in [0.2, 0.25) is 0 Å². The first-order chi connectivity index (χ1) is 9.40. The van der Waals surface area contributed by atoms with Crippen LogP contribution in [0.25, 0.3) is 0 Å². The number of phenols is 1. The van der Waals surface area contributed by atoms with Crippen molar-refractivity contribution in [3.05, 3.63) is 23.8 Å². The van der Waals surface area contributed by atoms with Gasteiger partial charge in [0, 0.05) is 6.54 Å². The van der Waals surface area contributed by atoms with E-state index in [1.165, 1.54) is 12.1 Å². The maximum absolute atomic E-state index is 11.6. The zero-order valence-corrected chi connectivity index (χ0v) is 11.6. The van der Waals surface area contributed by atoms with Crippen molar-refractivity contribution >= 4 is 17.7 Å². The van der Waals surface area contributed by atoms with Crippen LogP contribution in [0.2, 0.25) is 0 Å². The predicted molar refractivity (Wildman–Crippen MR) is 76.2 cm³/mol. The number of carbonyl (C=O) groups excluding carboxylic acids is 1. The van der Waals surface area contributed by atoms with Gasteiger partial charge in [-0.2, -0.15) is 0 Å². The monoisotopic (exact) mass is 280 g/mol. The Bertz CT molecular complexity index is 486. The molecule has 4 N–H and O–H groups in total. The number of phenolic OH excluding ortho intramolecular Hbond substituents is 1. The summed E-state index contributed by atoms with van der Waals surface area (Å²) in [4.78, 5) is 22.6. The molecule has 0 unspecified atom stereocenters. The summed E-state index contributed by atoms with van der Waals surface area (Å²) < 4.78 is 0. The van der Waals surface area contributed by atoms with Gasteiger partial charge in [-0.3, -0.25) is 0 Å². The molecule has 2 amide bonds. The number of rotatable bonds is 6. The highest BCUT2D eigenvalue weighted by Gasteiger charge is 2.13. The van der Waals surface area contributed by atoms with Gasteiger partial charge in [0.25, 0.3) is 0 Å². The summed E-state index contributed by atoms with van der Waals surface area (Å²) in [5, 5.41) is 23.4. The van der Waals surface area contributed by atoms with Crippen molar-refractivity contribution in [2.24, 2.45) is 5.92 Å². The Morgan fingerprint density at radius 2 is 2.00 bits per heavy atom. The second-order valence-corrected chi connectivity index (χ2v) is 4.95. The lowest BCUT2D eigenvalue weighted by atomic mass is 10.1. The smallest absolute Gasteiger partial charge is 0.337 e. The van der Waals surface area contributed by atoms with Crippen LogP contribution in [0.15, 0.2) is 18.2 Å². The molecule has 20 heavy (non-hydrogen) atoms. The minimum atomic E-state index is -1.21. The van der Waals surface area contributed by atoms with E-state index in [0.29, 0.717) is 12.5 Å². The standard InChI is InChI=1S/C14H20N2O4/c1-9(2)4-3-7-15-14(20)16-12-6-5-10(17)8-11(12)13(18)19/h5-6,8-9,17H,3-4,7H2,1-2H3,(H,18,19)(H2,15,16,20). The lowest BCUT2D eigenvalue weighted by Crippen LogP contribution is -2.30. The maximum Gasteiger partial charge on any atom is 0.337 e. The number of aromatic carboxylic acids is 1. The molecule has 6 heteroatoms. The van der Waals surface area contributed by atoms with Crippen LogP contribution in [0.3, 0.4) is 0 Å². The largest absolute Gasteiger partial charge is 0.508 e. The van der Waals surface area contributed by atoms with Crippen molar-refractivity contribution in [2.75, 3.05) is 11.9 Å². The van der Waals surface area contributed by atoms with Gasteiger partial charge in [0.15, 0.2) is 0 Å². The molecule has 0 aromatic heterocycles. The van der Waals surface area contributed by atoms with Crippen molar-refractivity contribution < 1.29 is 19.8 Å². The van der Waals surface area contributed by atoms with Crippen LogP contribution < -0.4 is 10.6 Å². The SMILES string of the molecule is CC(C)CCCNC(=O)Nc1ccc(O)cc1C(=O)O. The molecule has 0 aliphatic carbocycles. The van der Waals surface area contributed by atoms with E-state index >= 15 is 0 Å². The minimum Gasteiger partial charge on any atom is -0.508 e. The highest BCUT2D eigenvalue weighted by atomic mass is 16.4. The molecule has 0 bridgehead atoms. The molecular weight excluding hydrogens is 260 g/mol. The summed E-state index contributed by atoms with van der Waals surface area (Å²) >= 11 is 0. The fourth-order valence-corrected chi connectivity index (χ4v) is 1.70. The van der Waals surface area contributed by atoms with Gasteiger partial charge in [-0.1, -0.05) is 13.8 Å². The van der Waals surface area contributed by atoms with E-state index in [1.54, 1.807) is 0 Å². The lowest BCUT2D eigenvalue weighted by molar-refractivity contribution is 0.0697. The average molecular weight is 280 g/mol. The first-order valence-electron chi connectivity index (χ1n) is 6.51. The van der Waals surface area contributed by atoms with Crippen molar-refractivity contribution in [2.45, 2.75) is 26.7 Å². The highest BCUT2D eigenvalue weighted by Crippen LogP contribution is 2.21. The molecule has 0 aliphatic rings. The van der Waals surface area contributed by atoms with Crippen LogP contribution in [0.4, 0.5) is 10.5 Å². The number of nitrogens with one attached hydrogen (secondary N) is 2. The molecule has 0 radical (unpaired) electrons. The second kappa shape index (κ2) is 7.37. The minimum absolute atomic E-state index is 0.150. The first kappa shape index (κ1) is 15.8. The summed E-state index contributed by atoms with van der Waals surface area (Å²) in [7, 11) is 0. The Morgan fingerprint density at radius 1 is 1.30 bits per heavy atom. The molecular formula is C14H20N2O4. The average Bonchev–Trinajstić information content (AvgIpc) is 2.36. The van der Waals surface area contributed by atoms with Crippen molar-refractivity contribution in [1.29, 1.82) is 0 Å². The summed E-state index contributed by atoms with van der Waals surface area (Å²) in [5.41, 5.74) is -0.000935. The number of hydrogen-bond acceptors (Lipinski definition) is 3. The third-order valence-corrected chi connectivity index (χ3v) is 2.73. The number of aromatic hydroxyl groups is 1. The van der Waals surface area contributed by atoms with Gasteiger partial charge in [0.05, 0.1) is 11.3 Å². The Balaban J connectivity index is 2.55. The summed E-state index contributed by atoms with van der Waals surface area (Å²) in [6, 6.07) is 3.31. The Morgan fingerprint density at radius 3 is 2.60 bits per heavy atom. The van der Waals surface area contributed by atoms with Crippen LogP contribution in [0.5, 0.6) is 5.75 Å². The maximum atomic E-state index is 11.6. The number of carbonyl (C=O) groups is 2. The lowest BCUT2D eigenvalue weighted by Gasteiger charge is -2.10. The van der Waals surface area contributed by atoms with E-state index in [-0.39, 0.29) is 17.0 Å². The quantitative estimate of drug-likeness (QED) is 0.475. The Labute approximate surface area is 117 Å². The fraction of sp³-hybridized carbons (Fsp3) is 0.429. The third kappa shape index (κ3) is 5.17. The van der Waals surface area contributed by atoms with Crippen LogP contribution in [-0.2, 0) is 0 Å². The third-order valence-electron chi connectivity index (χ3n) is 2.73. The van der Waals surface area contributed by atoms with Crippen LogP contribution in [-0.4, -0.2) is 28.8 Å². The topological polar surface area (TPSA) is 98.7 Å². The molecule has 1 aromatic rings. The molecule has 6 nitrogen and oxygen atoms in total. The predicted octanol–water partition coefficient (Wildman–Crippen LogP) is 2.65. The van der Waals surface area contributed by atoms with Crippen LogP contribution in [0.1, 0.15) is 37.0 Å². The van der Waals surface area contributed by atoms with E-state index < -0.39 is 12.0 Å². The van der Waals surface area contributed by atoms with E-state index in [1.807, 2.05) is 0 Å². The van der Waals surface area contributed by atoms with Crippen LogP contribution >= 0.6 is 0 Å². The molecule has 0 saturated heterocycles. The molecule has 0 fully saturated rings. The number of anilines is 1. The van der Waals surface area contributed by atoms with Crippen molar-refractivity contribution in [3.8, 4) is 5.75 Å². The van der Waals surface area contributed by atoms with E-state index in [0.717, 1.165) is 18.9 Å². The molecule has 1 rings (SSSR count).